The van der Waals surface area contributed by atoms with Crippen LogP contribution in [-0.4, -0.2) is 34.0 Å². The average Bonchev–Trinajstić information content (AvgIpc) is 3.35. The lowest BCUT2D eigenvalue weighted by atomic mass is 9.88. The summed E-state index contributed by atoms with van der Waals surface area (Å²) in [4.78, 5) is 18.6. The Bertz CT molecular complexity index is 769. The highest BCUT2D eigenvalue weighted by molar-refractivity contribution is 5.94. The van der Waals surface area contributed by atoms with Crippen molar-refractivity contribution in [1.82, 2.24) is 15.0 Å². The molecule has 0 radical (unpaired) electrons. The summed E-state index contributed by atoms with van der Waals surface area (Å²) < 4.78 is 9.92. The van der Waals surface area contributed by atoms with Crippen molar-refractivity contribution in [2.75, 3.05) is 13.1 Å². The summed E-state index contributed by atoms with van der Waals surface area (Å²) in [6, 6.07) is 11.8. The smallest absolute Gasteiger partial charge is 0.257 e. The van der Waals surface area contributed by atoms with Gasteiger partial charge >= 0.3 is 0 Å². The van der Waals surface area contributed by atoms with E-state index in [0.29, 0.717) is 24.5 Å². The zero-order chi connectivity index (χ0) is 15.6. The normalized spacial score (nSPS) is 20.8. The summed E-state index contributed by atoms with van der Waals surface area (Å²) in [5, 5.41) is 3.99. The van der Waals surface area contributed by atoms with E-state index in [1.165, 1.54) is 24.5 Å². The SMILES string of the molecule is O=C(c1ccoc1)N1C[C@H](c2ccccc2)[C@@H](c2ncon2)C1. The quantitative estimate of drug-likeness (QED) is 0.744. The summed E-state index contributed by atoms with van der Waals surface area (Å²) in [6.45, 7) is 1.18. The Morgan fingerprint density at radius 1 is 1.13 bits per heavy atom. The molecule has 1 fully saturated rings. The molecule has 2 atom stereocenters. The van der Waals surface area contributed by atoms with Gasteiger partial charge in [-0.05, 0) is 11.6 Å². The van der Waals surface area contributed by atoms with Crippen molar-refractivity contribution in [3.05, 3.63) is 72.3 Å². The zero-order valence-corrected chi connectivity index (χ0v) is 12.3. The summed E-state index contributed by atoms with van der Waals surface area (Å²) >= 11 is 0. The van der Waals surface area contributed by atoms with Crippen molar-refractivity contribution < 1.29 is 13.7 Å². The molecule has 0 bridgehead atoms. The number of likely N-dealkylation sites (tertiary alicyclic amines) is 1. The van der Waals surface area contributed by atoms with E-state index in [-0.39, 0.29) is 17.7 Å². The molecule has 0 saturated carbocycles. The second kappa shape index (κ2) is 5.72. The first kappa shape index (κ1) is 13.8. The molecule has 0 unspecified atom stereocenters. The van der Waals surface area contributed by atoms with E-state index < -0.39 is 0 Å². The van der Waals surface area contributed by atoms with Gasteiger partial charge in [0.05, 0.1) is 11.8 Å². The minimum atomic E-state index is -0.0364. The molecule has 1 saturated heterocycles. The maximum absolute atomic E-state index is 12.6. The lowest BCUT2D eigenvalue weighted by molar-refractivity contribution is 0.0788. The zero-order valence-electron chi connectivity index (χ0n) is 12.3. The van der Waals surface area contributed by atoms with Crippen molar-refractivity contribution >= 4 is 5.91 Å². The van der Waals surface area contributed by atoms with E-state index in [1.54, 1.807) is 6.07 Å². The van der Waals surface area contributed by atoms with Crippen LogP contribution < -0.4 is 0 Å². The first-order chi connectivity index (χ1) is 11.3. The minimum Gasteiger partial charge on any atom is -0.472 e. The molecule has 6 heteroatoms. The van der Waals surface area contributed by atoms with Gasteiger partial charge in [0.1, 0.15) is 6.26 Å². The minimum absolute atomic E-state index is 0.0204. The third kappa shape index (κ3) is 2.52. The molecule has 2 aromatic heterocycles. The van der Waals surface area contributed by atoms with E-state index >= 15 is 0 Å². The Labute approximate surface area is 132 Å². The second-order valence-corrected chi connectivity index (χ2v) is 5.64. The van der Waals surface area contributed by atoms with Crippen molar-refractivity contribution in [1.29, 1.82) is 0 Å². The van der Waals surface area contributed by atoms with Crippen LogP contribution in [-0.2, 0) is 0 Å². The lowest BCUT2D eigenvalue weighted by Gasteiger charge is -2.15. The van der Waals surface area contributed by atoms with E-state index in [1.807, 2.05) is 23.1 Å². The highest BCUT2D eigenvalue weighted by Gasteiger charge is 2.39. The molecule has 0 spiro atoms. The summed E-state index contributed by atoms with van der Waals surface area (Å²) in [6.07, 6.45) is 4.31. The number of nitrogens with zero attached hydrogens (tertiary/aromatic N) is 3. The fraction of sp³-hybridized carbons (Fsp3) is 0.235. The molecule has 4 rings (SSSR count). The first-order valence-corrected chi connectivity index (χ1v) is 7.45. The fourth-order valence-corrected chi connectivity index (χ4v) is 3.18. The predicted octanol–water partition coefficient (Wildman–Crippen LogP) is 2.69. The number of furan rings is 1. The topological polar surface area (TPSA) is 72.4 Å². The fourth-order valence-electron chi connectivity index (χ4n) is 3.18. The monoisotopic (exact) mass is 309 g/mol. The largest absolute Gasteiger partial charge is 0.472 e. The number of hydrogen-bond acceptors (Lipinski definition) is 5. The first-order valence-electron chi connectivity index (χ1n) is 7.45. The van der Waals surface area contributed by atoms with Crippen molar-refractivity contribution in [3.63, 3.8) is 0 Å². The maximum Gasteiger partial charge on any atom is 0.257 e. The van der Waals surface area contributed by atoms with Crippen LogP contribution in [0, 0.1) is 0 Å². The molecule has 0 N–H and O–H groups in total. The average molecular weight is 309 g/mol. The molecule has 23 heavy (non-hydrogen) atoms. The predicted molar refractivity (Wildman–Crippen MR) is 80.8 cm³/mol. The molecule has 1 aliphatic rings. The van der Waals surface area contributed by atoms with Gasteiger partial charge in [-0.15, -0.1) is 0 Å². The van der Waals surface area contributed by atoms with E-state index in [9.17, 15) is 4.79 Å². The highest BCUT2D eigenvalue weighted by atomic mass is 16.5. The number of carbonyl (C=O) groups excluding carboxylic acids is 1. The molecule has 1 aliphatic heterocycles. The number of hydrogen-bond donors (Lipinski definition) is 0. The van der Waals surface area contributed by atoms with Gasteiger partial charge < -0.3 is 13.8 Å². The van der Waals surface area contributed by atoms with Gasteiger partial charge in [0.15, 0.2) is 5.82 Å². The molecular formula is C17H15N3O3. The molecule has 0 aliphatic carbocycles. The summed E-state index contributed by atoms with van der Waals surface area (Å²) in [7, 11) is 0. The molecule has 6 nitrogen and oxygen atoms in total. The Balaban J connectivity index is 1.65. The Kier molecular flexibility index (Phi) is 3.42. The van der Waals surface area contributed by atoms with E-state index in [4.69, 9.17) is 8.94 Å². The van der Waals surface area contributed by atoms with Crippen molar-refractivity contribution in [2.24, 2.45) is 0 Å². The standard InChI is InChI=1S/C17H15N3O3/c21-17(13-6-7-22-10-13)20-8-14(12-4-2-1-3-5-12)15(9-20)16-18-11-23-19-16/h1-7,10-11,14-15H,8-9H2/t14-,15+/m1/s1. The Hall–Kier alpha value is -2.89. The maximum atomic E-state index is 12.6. The van der Waals surface area contributed by atoms with Gasteiger partial charge in [0, 0.05) is 24.9 Å². The van der Waals surface area contributed by atoms with E-state index in [0.717, 1.165) is 0 Å². The van der Waals surface area contributed by atoms with Gasteiger partial charge in [0.2, 0.25) is 6.39 Å². The second-order valence-electron chi connectivity index (χ2n) is 5.64. The van der Waals surface area contributed by atoms with Crippen molar-refractivity contribution in [3.8, 4) is 0 Å². The lowest BCUT2D eigenvalue weighted by Crippen LogP contribution is -2.28. The number of rotatable bonds is 3. The van der Waals surface area contributed by atoms with Gasteiger partial charge in [-0.1, -0.05) is 35.5 Å². The number of amides is 1. The Morgan fingerprint density at radius 3 is 2.65 bits per heavy atom. The molecule has 1 amide bonds. The van der Waals surface area contributed by atoms with Crippen LogP contribution in [0.25, 0.3) is 0 Å². The van der Waals surface area contributed by atoms with Crippen LogP contribution in [0.5, 0.6) is 0 Å². The molecule has 1 aromatic carbocycles. The number of aromatic nitrogens is 2. The molecule has 3 aromatic rings. The van der Waals surface area contributed by atoms with Crippen LogP contribution in [0.4, 0.5) is 0 Å². The number of carbonyl (C=O) groups is 1. The molecular weight excluding hydrogens is 294 g/mol. The van der Waals surface area contributed by atoms with Gasteiger partial charge in [-0.25, -0.2) is 0 Å². The van der Waals surface area contributed by atoms with Crippen molar-refractivity contribution in [2.45, 2.75) is 11.8 Å². The highest BCUT2D eigenvalue weighted by Crippen LogP contribution is 2.38. The van der Waals surface area contributed by atoms with Crippen LogP contribution in [0.3, 0.4) is 0 Å². The molecule has 3 heterocycles. The summed E-state index contributed by atoms with van der Waals surface area (Å²) in [5.41, 5.74) is 1.73. The van der Waals surface area contributed by atoms with Crippen LogP contribution >= 0.6 is 0 Å². The number of benzene rings is 1. The van der Waals surface area contributed by atoms with Crippen LogP contribution in [0.2, 0.25) is 0 Å². The summed E-state index contributed by atoms with van der Waals surface area (Å²) in [5.74, 6) is 0.767. The van der Waals surface area contributed by atoms with Gasteiger partial charge in [0.25, 0.3) is 5.91 Å². The third-order valence-electron chi connectivity index (χ3n) is 4.31. The van der Waals surface area contributed by atoms with Gasteiger partial charge in [-0.2, -0.15) is 4.98 Å². The third-order valence-corrected chi connectivity index (χ3v) is 4.31. The van der Waals surface area contributed by atoms with Gasteiger partial charge in [-0.3, -0.25) is 4.79 Å². The Morgan fingerprint density at radius 2 is 1.96 bits per heavy atom. The van der Waals surface area contributed by atoms with Crippen LogP contribution in [0.1, 0.15) is 33.6 Å². The van der Waals surface area contributed by atoms with E-state index in [2.05, 4.69) is 22.3 Å². The van der Waals surface area contributed by atoms with Crippen LogP contribution in [0.15, 0.2) is 64.3 Å². The molecule has 116 valence electrons.